The van der Waals surface area contributed by atoms with Gasteiger partial charge >= 0.3 is 5.97 Å². The third-order valence-corrected chi connectivity index (χ3v) is 6.49. The summed E-state index contributed by atoms with van der Waals surface area (Å²) >= 11 is 9.25. The Hall–Kier alpha value is -2.91. The highest BCUT2D eigenvalue weighted by Gasteiger charge is 2.36. The summed E-state index contributed by atoms with van der Waals surface area (Å²) in [6, 6.07) is 12.0. The van der Waals surface area contributed by atoms with E-state index in [1.807, 2.05) is 12.1 Å². The molecule has 10 heteroatoms. The zero-order chi connectivity index (χ0) is 25.0. The van der Waals surface area contributed by atoms with Crippen LogP contribution in [0.4, 0.5) is 5.69 Å². The van der Waals surface area contributed by atoms with Crippen LogP contribution >= 0.6 is 27.5 Å². The highest BCUT2D eigenvalue weighted by Crippen LogP contribution is 2.26. The average molecular weight is 551 g/mol. The van der Waals surface area contributed by atoms with Crippen LogP contribution in [0.15, 0.2) is 46.9 Å². The molecule has 2 aromatic rings. The molecule has 0 radical (unpaired) electrons. The van der Waals surface area contributed by atoms with Gasteiger partial charge in [0.25, 0.3) is 11.8 Å². The molecule has 0 aromatic heterocycles. The van der Waals surface area contributed by atoms with Crippen molar-refractivity contribution in [3.8, 4) is 0 Å². The van der Waals surface area contributed by atoms with Gasteiger partial charge < -0.3 is 10.1 Å². The lowest BCUT2D eigenvalue weighted by molar-refractivity contribution is -0.151. The van der Waals surface area contributed by atoms with Gasteiger partial charge in [-0.15, -0.1) is 0 Å². The number of hydrogen-bond acceptors (Lipinski definition) is 5. The van der Waals surface area contributed by atoms with Crippen molar-refractivity contribution in [3.63, 3.8) is 0 Å². The molecule has 180 valence electrons. The first-order valence-electron chi connectivity index (χ1n) is 10.6. The number of anilines is 1. The highest BCUT2D eigenvalue weighted by molar-refractivity contribution is 9.10. The van der Waals surface area contributed by atoms with Crippen LogP contribution in [0.1, 0.15) is 43.1 Å². The van der Waals surface area contributed by atoms with Gasteiger partial charge in [-0.05, 0) is 57.2 Å². The first-order chi connectivity index (χ1) is 15.9. The van der Waals surface area contributed by atoms with Gasteiger partial charge in [-0.1, -0.05) is 44.5 Å². The number of benzene rings is 2. The van der Waals surface area contributed by atoms with Crippen LogP contribution in [0.3, 0.4) is 0 Å². The lowest BCUT2D eigenvalue weighted by Gasteiger charge is -2.20. The fourth-order valence-electron chi connectivity index (χ4n) is 3.31. The van der Waals surface area contributed by atoms with Crippen molar-refractivity contribution in [1.82, 2.24) is 10.4 Å². The van der Waals surface area contributed by atoms with Crippen molar-refractivity contribution >= 4 is 56.9 Å². The van der Waals surface area contributed by atoms with Gasteiger partial charge in [0, 0.05) is 22.1 Å². The van der Waals surface area contributed by atoms with E-state index in [1.165, 1.54) is 0 Å². The molecule has 1 saturated heterocycles. The lowest BCUT2D eigenvalue weighted by atomic mass is 9.87. The number of nitrogens with zero attached hydrogens (tertiary/aromatic N) is 1. The van der Waals surface area contributed by atoms with Crippen LogP contribution < -0.4 is 10.7 Å². The number of nitrogens with one attached hydrogen (secondary N) is 2. The Morgan fingerprint density at radius 1 is 1.15 bits per heavy atom. The van der Waals surface area contributed by atoms with E-state index in [9.17, 15) is 19.2 Å². The molecule has 0 unspecified atom stereocenters. The van der Waals surface area contributed by atoms with E-state index in [0.29, 0.717) is 20.7 Å². The minimum absolute atomic E-state index is 0.0343. The summed E-state index contributed by atoms with van der Waals surface area (Å²) in [6.07, 6.45) is -0.119. The number of carbonyl (C=O) groups excluding carboxylic acids is 4. The zero-order valence-corrected chi connectivity index (χ0v) is 21.3. The van der Waals surface area contributed by atoms with Gasteiger partial charge in [0.1, 0.15) is 0 Å². The van der Waals surface area contributed by atoms with Crippen LogP contribution in [-0.2, 0) is 24.5 Å². The number of hydrogen-bond donors (Lipinski definition) is 2. The summed E-state index contributed by atoms with van der Waals surface area (Å²) in [5.74, 6) is -2.87. The number of halogens is 2. The summed E-state index contributed by atoms with van der Waals surface area (Å²) in [7, 11) is 0. The third-order valence-electron chi connectivity index (χ3n) is 5.26. The van der Waals surface area contributed by atoms with E-state index in [-0.39, 0.29) is 18.4 Å². The molecular weight excluding hydrogens is 526 g/mol. The van der Waals surface area contributed by atoms with Crippen LogP contribution in [0.25, 0.3) is 0 Å². The zero-order valence-electron chi connectivity index (χ0n) is 19.0. The largest absolute Gasteiger partial charge is 0.455 e. The molecule has 34 heavy (non-hydrogen) atoms. The van der Waals surface area contributed by atoms with Crippen molar-refractivity contribution in [3.05, 3.63) is 63.1 Å². The lowest BCUT2D eigenvalue weighted by Crippen LogP contribution is -2.43. The molecule has 1 aliphatic heterocycles. The summed E-state index contributed by atoms with van der Waals surface area (Å²) in [5.41, 5.74) is 4.42. The summed E-state index contributed by atoms with van der Waals surface area (Å²) in [5, 5.41) is 4.10. The van der Waals surface area contributed by atoms with E-state index in [0.717, 1.165) is 10.6 Å². The molecule has 1 fully saturated rings. The Kier molecular flexibility index (Phi) is 7.99. The fraction of sp³-hybridized carbons (Fsp3) is 0.333. The van der Waals surface area contributed by atoms with E-state index < -0.39 is 36.2 Å². The van der Waals surface area contributed by atoms with Gasteiger partial charge in [-0.3, -0.25) is 29.6 Å². The molecule has 0 spiro atoms. The Labute approximate surface area is 211 Å². The number of hydrazine groups is 1. The quantitative estimate of drug-likeness (QED) is 0.528. The molecule has 3 amide bonds. The van der Waals surface area contributed by atoms with Gasteiger partial charge in [0.2, 0.25) is 5.91 Å². The molecular formula is C24H25BrClN3O5. The molecule has 1 aliphatic rings. The van der Waals surface area contributed by atoms with E-state index in [4.69, 9.17) is 16.3 Å². The number of ether oxygens (including phenoxy) is 1. The summed E-state index contributed by atoms with van der Waals surface area (Å²) in [4.78, 5) is 49.2. The van der Waals surface area contributed by atoms with Gasteiger partial charge in [0.05, 0.1) is 17.5 Å². The first-order valence-corrected chi connectivity index (χ1v) is 11.7. The van der Waals surface area contributed by atoms with Crippen molar-refractivity contribution in [2.45, 2.75) is 32.6 Å². The standard InChI is InChI=1S/C24H25BrClN3O5/c1-24(2,3)16-6-4-14(5-7-16)22(32)28-29-12-15(10-21(29)31)23(33)34-13-20(30)27-17-8-9-18(25)19(26)11-17/h4-9,11,15H,10,12-13H2,1-3H3,(H,27,30)(H,28,32)/t15-/m1/s1. The SMILES string of the molecule is CC(C)(C)c1ccc(C(=O)NN2C[C@H](C(=O)OCC(=O)Nc3ccc(Br)c(Cl)c3)CC2=O)cc1. The van der Waals surface area contributed by atoms with Crippen molar-refractivity contribution in [2.75, 3.05) is 18.5 Å². The van der Waals surface area contributed by atoms with E-state index >= 15 is 0 Å². The van der Waals surface area contributed by atoms with Crippen molar-refractivity contribution in [2.24, 2.45) is 5.92 Å². The van der Waals surface area contributed by atoms with Crippen molar-refractivity contribution in [1.29, 1.82) is 0 Å². The Morgan fingerprint density at radius 3 is 2.44 bits per heavy atom. The second-order valence-corrected chi connectivity index (χ2v) is 10.2. The smallest absolute Gasteiger partial charge is 0.311 e. The Balaban J connectivity index is 1.49. The Bertz CT molecular complexity index is 1110. The van der Waals surface area contributed by atoms with Crippen LogP contribution in [0.5, 0.6) is 0 Å². The molecule has 8 nitrogen and oxygen atoms in total. The van der Waals surface area contributed by atoms with Gasteiger partial charge in [-0.2, -0.15) is 0 Å². The molecule has 1 heterocycles. The van der Waals surface area contributed by atoms with E-state index in [1.54, 1.807) is 30.3 Å². The molecule has 0 aliphatic carbocycles. The van der Waals surface area contributed by atoms with Crippen molar-refractivity contribution < 1.29 is 23.9 Å². The molecule has 0 bridgehead atoms. The summed E-state index contributed by atoms with van der Waals surface area (Å²) in [6.45, 7) is 5.68. The number of esters is 1. The maximum absolute atomic E-state index is 12.5. The normalized spacial score (nSPS) is 15.7. The summed E-state index contributed by atoms with van der Waals surface area (Å²) < 4.78 is 5.74. The van der Waals surface area contributed by atoms with Crippen LogP contribution in [0, 0.1) is 5.92 Å². The Morgan fingerprint density at radius 2 is 1.82 bits per heavy atom. The second kappa shape index (κ2) is 10.6. The van der Waals surface area contributed by atoms with Gasteiger partial charge in [-0.25, -0.2) is 0 Å². The first kappa shape index (κ1) is 25.7. The fourth-order valence-corrected chi connectivity index (χ4v) is 3.73. The third kappa shape index (κ3) is 6.57. The number of carbonyl (C=O) groups is 4. The maximum atomic E-state index is 12.5. The van der Waals surface area contributed by atoms with Crippen LogP contribution in [-0.4, -0.2) is 41.9 Å². The number of amides is 3. The minimum atomic E-state index is -0.786. The van der Waals surface area contributed by atoms with E-state index in [2.05, 4.69) is 47.4 Å². The van der Waals surface area contributed by atoms with Gasteiger partial charge in [0.15, 0.2) is 6.61 Å². The number of rotatable bonds is 6. The second-order valence-electron chi connectivity index (χ2n) is 8.96. The maximum Gasteiger partial charge on any atom is 0.311 e. The molecule has 1 atom stereocenters. The predicted molar refractivity (Wildman–Crippen MR) is 131 cm³/mol. The molecule has 2 aromatic carbocycles. The predicted octanol–water partition coefficient (Wildman–Crippen LogP) is 4.08. The topological polar surface area (TPSA) is 105 Å². The molecule has 3 rings (SSSR count). The molecule has 2 N–H and O–H groups in total. The average Bonchev–Trinajstić information content (AvgIpc) is 3.14. The highest BCUT2D eigenvalue weighted by atomic mass is 79.9. The minimum Gasteiger partial charge on any atom is -0.455 e. The van der Waals surface area contributed by atoms with Crippen LogP contribution in [0.2, 0.25) is 5.02 Å². The molecule has 0 saturated carbocycles. The monoisotopic (exact) mass is 549 g/mol.